The molecule has 1 aromatic carbocycles. The van der Waals surface area contributed by atoms with E-state index in [1.807, 2.05) is 24.3 Å². The number of halogens is 1. The Hall–Kier alpha value is -2.84. The molecule has 6 nitrogen and oxygen atoms in total. The minimum Gasteiger partial charge on any atom is -0.491 e. The van der Waals surface area contributed by atoms with E-state index in [1.54, 1.807) is 24.4 Å². The quantitative estimate of drug-likeness (QED) is 0.486. The zero-order chi connectivity index (χ0) is 22.6. The van der Waals surface area contributed by atoms with Crippen molar-refractivity contribution in [3.63, 3.8) is 0 Å². The molecule has 2 N–H and O–H groups in total. The highest BCUT2D eigenvalue weighted by atomic mass is 32.2. The van der Waals surface area contributed by atoms with Crippen LogP contribution in [-0.4, -0.2) is 41.0 Å². The molecule has 1 unspecified atom stereocenters. The molecule has 1 saturated heterocycles. The highest BCUT2D eigenvalue weighted by Gasteiger charge is 2.27. The summed E-state index contributed by atoms with van der Waals surface area (Å²) >= 11 is 1.47. The van der Waals surface area contributed by atoms with Gasteiger partial charge in [0.05, 0.1) is 28.4 Å². The first-order chi connectivity index (χ1) is 16.2. The average Bonchev–Trinajstić information content (AvgIpc) is 3.27. The summed E-state index contributed by atoms with van der Waals surface area (Å²) in [7, 11) is 0. The summed E-state index contributed by atoms with van der Waals surface area (Å²) in [4.78, 5) is 18.4. The monoisotopic (exact) mass is 466 g/mol. The van der Waals surface area contributed by atoms with Gasteiger partial charge in [-0.05, 0) is 75.0 Å². The number of para-hydroxylation sites is 1. The second-order valence-electron chi connectivity index (χ2n) is 8.44. The second kappa shape index (κ2) is 9.97. The number of hydrogen-bond acceptors (Lipinski definition) is 5. The number of imidazole rings is 1. The molecule has 8 heteroatoms. The average molecular weight is 467 g/mol. The molecular formula is C25H27FN4O2S. The first-order valence-electron chi connectivity index (χ1n) is 11.4. The Morgan fingerprint density at radius 3 is 2.94 bits per heavy atom. The van der Waals surface area contributed by atoms with Crippen LogP contribution in [0.1, 0.15) is 31.4 Å². The third kappa shape index (κ3) is 4.91. The third-order valence-electron chi connectivity index (χ3n) is 6.26. The molecule has 0 aliphatic carbocycles. The molecule has 2 aliphatic heterocycles. The van der Waals surface area contributed by atoms with E-state index in [2.05, 4.69) is 20.0 Å². The summed E-state index contributed by atoms with van der Waals surface area (Å²) < 4.78 is 21.5. The van der Waals surface area contributed by atoms with Crippen LogP contribution >= 0.6 is 11.8 Å². The van der Waals surface area contributed by atoms with Crippen molar-refractivity contribution in [3.05, 3.63) is 65.1 Å². The van der Waals surface area contributed by atoms with Crippen LogP contribution < -0.4 is 15.4 Å². The van der Waals surface area contributed by atoms with Gasteiger partial charge in [-0.15, -0.1) is 0 Å². The smallest absolute Gasteiger partial charge is 0.258 e. The number of carbonyl (C=O) groups excluding carboxylic acids is 1. The number of nitrogens with one attached hydrogen (secondary N) is 2. The zero-order valence-electron chi connectivity index (χ0n) is 18.3. The number of ether oxygens (including phenoxy) is 1. The maximum atomic E-state index is 13.8. The lowest BCUT2D eigenvalue weighted by molar-refractivity contribution is -0.117. The maximum absolute atomic E-state index is 13.8. The van der Waals surface area contributed by atoms with Gasteiger partial charge in [0.15, 0.2) is 11.6 Å². The Labute approximate surface area is 196 Å². The number of rotatable bonds is 8. The summed E-state index contributed by atoms with van der Waals surface area (Å²) in [5, 5.41) is 7.69. The lowest BCUT2D eigenvalue weighted by atomic mass is 9.87. The van der Waals surface area contributed by atoms with Crippen LogP contribution in [0.25, 0.3) is 11.7 Å². The van der Waals surface area contributed by atoms with E-state index in [4.69, 9.17) is 4.74 Å². The van der Waals surface area contributed by atoms with Gasteiger partial charge in [-0.3, -0.25) is 9.20 Å². The normalized spacial score (nSPS) is 16.9. The van der Waals surface area contributed by atoms with E-state index in [9.17, 15) is 9.18 Å². The number of pyridine rings is 1. The molecule has 33 heavy (non-hydrogen) atoms. The molecule has 0 radical (unpaired) electrons. The molecule has 0 spiro atoms. The molecule has 3 aromatic rings. The Kier molecular flexibility index (Phi) is 6.64. The molecule has 1 atom stereocenters. The van der Waals surface area contributed by atoms with E-state index >= 15 is 0 Å². The van der Waals surface area contributed by atoms with Crippen molar-refractivity contribution in [1.29, 1.82) is 0 Å². The fourth-order valence-electron chi connectivity index (χ4n) is 4.56. The minimum absolute atomic E-state index is 0.0490. The van der Waals surface area contributed by atoms with Gasteiger partial charge in [-0.1, -0.05) is 30.0 Å². The van der Waals surface area contributed by atoms with Crippen LogP contribution in [0.15, 0.2) is 58.6 Å². The van der Waals surface area contributed by atoms with Crippen molar-refractivity contribution in [2.45, 2.75) is 36.8 Å². The van der Waals surface area contributed by atoms with Gasteiger partial charge in [0.1, 0.15) is 5.65 Å². The van der Waals surface area contributed by atoms with Crippen molar-refractivity contribution in [2.24, 2.45) is 5.92 Å². The van der Waals surface area contributed by atoms with Crippen LogP contribution in [-0.2, 0) is 4.79 Å². The highest BCUT2D eigenvalue weighted by Crippen LogP contribution is 2.34. The Morgan fingerprint density at radius 2 is 2.09 bits per heavy atom. The SMILES string of the molecule is O=C(NC(CCCOc1ccccc1F)C1CCNCC1)C1=Cc2cnc3cccc(n23)S1. The molecule has 2 aliphatic rings. The van der Waals surface area contributed by atoms with Crippen LogP contribution in [0.4, 0.5) is 4.39 Å². The first-order valence-corrected chi connectivity index (χ1v) is 12.3. The van der Waals surface area contributed by atoms with Gasteiger partial charge in [0, 0.05) is 6.04 Å². The lowest BCUT2D eigenvalue weighted by Crippen LogP contribution is -2.44. The van der Waals surface area contributed by atoms with Gasteiger partial charge >= 0.3 is 0 Å². The number of hydrogen-bond donors (Lipinski definition) is 2. The van der Waals surface area contributed by atoms with Crippen molar-refractivity contribution in [1.82, 2.24) is 20.0 Å². The van der Waals surface area contributed by atoms with Gasteiger partial charge in [-0.25, -0.2) is 9.37 Å². The maximum Gasteiger partial charge on any atom is 0.258 e. The summed E-state index contributed by atoms with van der Waals surface area (Å²) in [6.45, 7) is 2.33. The lowest BCUT2D eigenvalue weighted by Gasteiger charge is -2.32. The second-order valence-corrected chi connectivity index (χ2v) is 9.50. The number of nitrogens with zero attached hydrogens (tertiary/aromatic N) is 2. The van der Waals surface area contributed by atoms with Gasteiger partial charge < -0.3 is 15.4 Å². The summed E-state index contributed by atoms with van der Waals surface area (Å²) in [5.74, 6) is 0.278. The van der Waals surface area contributed by atoms with E-state index in [0.717, 1.165) is 55.1 Å². The molecule has 1 amide bonds. The molecule has 172 valence electrons. The fourth-order valence-corrected chi connectivity index (χ4v) is 5.55. The van der Waals surface area contributed by atoms with E-state index in [1.165, 1.54) is 17.8 Å². The largest absolute Gasteiger partial charge is 0.491 e. The topological polar surface area (TPSA) is 67.7 Å². The predicted molar refractivity (Wildman–Crippen MR) is 128 cm³/mol. The molecule has 4 heterocycles. The first kappa shape index (κ1) is 22.0. The number of carbonyl (C=O) groups is 1. The van der Waals surface area contributed by atoms with Gasteiger partial charge in [0.2, 0.25) is 0 Å². The Morgan fingerprint density at radius 1 is 1.24 bits per heavy atom. The van der Waals surface area contributed by atoms with Gasteiger partial charge in [0.25, 0.3) is 5.91 Å². The summed E-state index contributed by atoms with van der Waals surface area (Å²) in [6.07, 6.45) is 7.29. The van der Waals surface area contributed by atoms with Crippen LogP contribution in [0, 0.1) is 11.7 Å². The molecule has 1 fully saturated rings. The molecule has 0 saturated carbocycles. The Bertz CT molecular complexity index is 1170. The molecular weight excluding hydrogens is 439 g/mol. The van der Waals surface area contributed by atoms with Crippen LogP contribution in [0.5, 0.6) is 5.75 Å². The fraction of sp³-hybridized carbons (Fsp3) is 0.360. The van der Waals surface area contributed by atoms with Crippen molar-refractivity contribution in [2.75, 3.05) is 19.7 Å². The molecule has 2 aromatic heterocycles. The van der Waals surface area contributed by atoms with Crippen molar-refractivity contribution >= 4 is 29.4 Å². The summed E-state index contributed by atoms with van der Waals surface area (Å²) in [6, 6.07) is 12.4. The molecule has 0 bridgehead atoms. The highest BCUT2D eigenvalue weighted by molar-refractivity contribution is 8.04. The van der Waals surface area contributed by atoms with E-state index in [-0.39, 0.29) is 23.5 Å². The minimum atomic E-state index is -0.351. The van der Waals surface area contributed by atoms with E-state index < -0.39 is 0 Å². The summed E-state index contributed by atoms with van der Waals surface area (Å²) in [5.41, 5.74) is 1.80. The number of thioether (sulfide) groups is 1. The van der Waals surface area contributed by atoms with Crippen molar-refractivity contribution in [3.8, 4) is 5.75 Å². The number of aromatic nitrogens is 2. The van der Waals surface area contributed by atoms with Crippen molar-refractivity contribution < 1.29 is 13.9 Å². The van der Waals surface area contributed by atoms with Crippen LogP contribution in [0.2, 0.25) is 0 Å². The Balaban J connectivity index is 1.24. The predicted octanol–water partition coefficient (Wildman–Crippen LogP) is 4.26. The number of benzene rings is 1. The standard InChI is InChI=1S/C25H27FN4O2S/c26-19-5-1-2-7-21(19)32-14-4-6-20(17-10-12-27-13-11-17)29-25(31)22-15-18-16-28-23-8-3-9-24(33-22)30(18)23/h1-3,5,7-9,15-17,20,27H,4,6,10-14H2,(H,29,31). The zero-order valence-corrected chi connectivity index (χ0v) is 19.1. The third-order valence-corrected chi connectivity index (χ3v) is 7.31. The van der Waals surface area contributed by atoms with E-state index in [0.29, 0.717) is 17.4 Å². The number of piperidine rings is 1. The van der Waals surface area contributed by atoms with Crippen LogP contribution in [0.3, 0.4) is 0 Å². The molecule has 5 rings (SSSR count). The number of amides is 1. The van der Waals surface area contributed by atoms with Gasteiger partial charge in [-0.2, -0.15) is 0 Å².